The lowest BCUT2D eigenvalue weighted by Gasteiger charge is -2.40. The van der Waals surface area contributed by atoms with Crippen molar-refractivity contribution in [3.05, 3.63) is 54.6 Å². The Balaban J connectivity index is 1.63. The maximum absolute atomic E-state index is 13.3. The summed E-state index contributed by atoms with van der Waals surface area (Å²) >= 11 is 0. The Morgan fingerprint density at radius 2 is 1.75 bits per heavy atom. The summed E-state index contributed by atoms with van der Waals surface area (Å²) in [6.07, 6.45) is 1.51. The smallest absolute Gasteiger partial charge is 0.248 e. The summed E-state index contributed by atoms with van der Waals surface area (Å²) in [6, 6.07) is 17.3. The summed E-state index contributed by atoms with van der Waals surface area (Å²) < 4.78 is 11.4. The first-order chi connectivity index (χ1) is 13.6. The van der Waals surface area contributed by atoms with Gasteiger partial charge in [-0.2, -0.15) is 0 Å². The van der Waals surface area contributed by atoms with Crippen LogP contribution in [0.2, 0.25) is 0 Å². The van der Waals surface area contributed by atoms with Crippen LogP contribution in [0.15, 0.2) is 54.6 Å². The Labute approximate surface area is 164 Å². The van der Waals surface area contributed by atoms with E-state index < -0.39 is 5.60 Å². The zero-order valence-electron chi connectivity index (χ0n) is 16.0. The second-order valence-corrected chi connectivity index (χ2v) is 7.31. The summed E-state index contributed by atoms with van der Waals surface area (Å²) in [5.74, 6) is 0.685. The summed E-state index contributed by atoms with van der Waals surface area (Å²) in [5, 5.41) is 0. The molecule has 28 heavy (non-hydrogen) atoms. The number of amides is 2. The fourth-order valence-electron chi connectivity index (χ4n) is 4.00. The summed E-state index contributed by atoms with van der Waals surface area (Å²) in [6.45, 7) is 1.20. The van der Waals surface area contributed by atoms with E-state index in [9.17, 15) is 9.59 Å². The number of nitrogens with zero attached hydrogens (tertiary/aromatic N) is 2. The van der Waals surface area contributed by atoms with E-state index in [0.29, 0.717) is 31.7 Å². The predicted molar refractivity (Wildman–Crippen MR) is 106 cm³/mol. The van der Waals surface area contributed by atoms with E-state index in [0.717, 1.165) is 11.4 Å². The molecule has 2 aromatic rings. The molecule has 2 aliphatic rings. The second kappa shape index (κ2) is 7.64. The van der Waals surface area contributed by atoms with Crippen LogP contribution in [0.1, 0.15) is 19.3 Å². The van der Waals surface area contributed by atoms with Crippen LogP contribution in [0.4, 0.5) is 11.4 Å². The molecule has 4 rings (SSSR count). The van der Waals surface area contributed by atoms with Gasteiger partial charge in [-0.1, -0.05) is 30.3 Å². The molecule has 0 N–H and O–H groups in total. The SMILES string of the molecule is COCC(=O)N1CCC2(CC1)CC(=O)N(c1ccccc1)c1ccccc1O2. The second-order valence-electron chi connectivity index (χ2n) is 7.31. The number of carbonyl (C=O) groups excluding carboxylic acids is 2. The number of ether oxygens (including phenoxy) is 2. The highest BCUT2D eigenvalue weighted by Gasteiger charge is 2.44. The van der Waals surface area contributed by atoms with Gasteiger partial charge >= 0.3 is 0 Å². The molecule has 1 spiro atoms. The van der Waals surface area contributed by atoms with Crippen molar-refractivity contribution in [3.63, 3.8) is 0 Å². The van der Waals surface area contributed by atoms with Gasteiger partial charge in [-0.25, -0.2) is 0 Å². The normalized spacial score (nSPS) is 18.4. The van der Waals surface area contributed by atoms with Gasteiger partial charge in [0.1, 0.15) is 18.0 Å². The van der Waals surface area contributed by atoms with Crippen LogP contribution >= 0.6 is 0 Å². The van der Waals surface area contributed by atoms with Crippen LogP contribution in [0.3, 0.4) is 0 Å². The molecule has 2 heterocycles. The van der Waals surface area contributed by atoms with Crippen molar-refractivity contribution < 1.29 is 19.1 Å². The first-order valence-corrected chi connectivity index (χ1v) is 9.55. The Kier molecular flexibility index (Phi) is 5.05. The number of benzene rings is 2. The van der Waals surface area contributed by atoms with Crippen molar-refractivity contribution >= 4 is 23.2 Å². The predicted octanol–water partition coefficient (Wildman–Crippen LogP) is 3.14. The van der Waals surface area contributed by atoms with Crippen molar-refractivity contribution in [1.29, 1.82) is 0 Å². The van der Waals surface area contributed by atoms with Gasteiger partial charge in [-0.3, -0.25) is 14.5 Å². The Hall–Kier alpha value is -2.86. The van der Waals surface area contributed by atoms with Crippen LogP contribution < -0.4 is 9.64 Å². The number of piperidine rings is 1. The van der Waals surface area contributed by atoms with E-state index in [1.54, 1.807) is 9.80 Å². The van der Waals surface area contributed by atoms with Crippen LogP contribution in [-0.4, -0.2) is 49.1 Å². The molecule has 6 heteroatoms. The molecule has 0 saturated carbocycles. The molecule has 2 aromatic carbocycles. The van der Waals surface area contributed by atoms with E-state index in [2.05, 4.69) is 0 Å². The third-order valence-corrected chi connectivity index (χ3v) is 5.47. The molecule has 0 bridgehead atoms. The van der Waals surface area contributed by atoms with Crippen molar-refractivity contribution in [1.82, 2.24) is 4.90 Å². The first kappa shape index (κ1) is 18.5. The zero-order chi connectivity index (χ0) is 19.6. The highest BCUT2D eigenvalue weighted by atomic mass is 16.5. The molecule has 0 aromatic heterocycles. The van der Waals surface area contributed by atoms with Gasteiger partial charge in [0.25, 0.3) is 0 Å². The van der Waals surface area contributed by atoms with E-state index in [-0.39, 0.29) is 24.8 Å². The highest BCUT2D eigenvalue weighted by molar-refractivity contribution is 6.03. The number of likely N-dealkylation sites (tertiary alicyclic amines) is 1. The average Bonchev–Trinajstić information content (AvgIpc) is 2.82. The quantitative estimate of drug-likeness (QED) is 0.821. The van der Waals surface area contributed by atoms with Gasteiger partial charge < -0.3 is 14.4 Å². The number of fused-ring (bicyclic) bond motifs is 1. The summed E-state index contributed by atoms with van der Waals surface area (Å²) in [5.41, 5.74) is 0.988. The number of anilines is 2. The molecule has 6 nitrogen and oxygen atoms in total. The number of hydrogen-bond acceptors (Lipinski definition) is 4. The van der Waals surface area contributed by atoms with E-state index in [4.69, 9.17) is 9.47 Å². The third kappa shape index (κ3) is 3.47. The molecular formula is C22H24N2O4. The molecule has 2 amide bonds. The van der Waals surface area contributed by atoms with Gasteiger partial charge in [-0.05, 0) is 24.3 Å². The molecule has 0 atom stereocenters. The highest BCUT2D eigenvalue weighted by Crippen LogP contribution is 2.43. The standard InChI is InChI=1S/C22H24N2O4/c1-27-16-21(26)23-13-11-22(12-14-23)15-20(25)24(17-7-3-2-4-8-17)18-9-5-6-10-19(18)28-22/h2-10H,11-16H2,1H3. The number of rotatable bonds is 3. The van der Waals surface area contributed by atoms with Crippen LogP contribution in [0.5, 0.6) is 5.75 Å². The molecule has 146 valence electrons. The fourth-order valence-corrected chi connectivity index (χ4v) is 4.00. The van der Waals surface area contributed by atoms with Gasteiger partial charge in [0.05, 0.1) is 12.1 Å². The minimum Gasteiger partial charge on any atom is -0.484 e. The third-order valence-electron chi connectivity index (χ3n) is 5.47. The molecule has 2 aliphatic heterocycles. The van der Waals surface area contributed by atoms with Crippen molar-refractivity contribution in [3.8, 4) is 5.75 Å². The van der Waals surface area contributed by atoms with E-state index in [1.165, 1.54) is 7.11 Å². The lowest BCUT2D eigenvalue weighted by atomic mass is 9.87. The molecule has 0 aliphatic carbocycles. The van der Waals surface area contributed by atoms with Gasteiger partial charge in [0.15, 0.2) is 0 Å². The Morgan fingerprint density at radius 1 is 1.07 bits per heavy atom. The van der Waals surface area contributed by atoms with Crippen LogP contribution in [-0.2, 0) is 14.3 Å². The zero-order valence-corrected chi connectivity index (χ0v) is 16.0. The molecular weight excluding hydrogens is 356 g/mol. The Morgan fingerprint density at radius 3 is 2.46 bits per heavy atom. The fraction of sp³-hybridized carbons (Fsp3) is 0.364. The number of carbonyl (C=O) groups is 2. The summed E-state index contributed by atoms with van der Waals surface area (Å²) in [4.78, 5) is 29.0. The molecule has 0 radical (unpaired) electrons. The lowest BCUT2D eigenvalue weighted by molar-refractivity contribution is -0.139. The van der Waals surface area contributed by atoms with Crippen LogP contribution in [0, 0.1) is 0 Å². The minimum absolute atomic E-state index is 0.00724. The van der Waals surface area contributed by atoms with Crippen molar-refractivity contribution in [2.24, 2.45) is 0 Å². The number of hydrogen-bond donors (Lipinski definition) is 0. The van der Waals surface area contributed by atoms with E-state index in [1.807, 2.05) is 54.6 Å². The maximum Gasteiger partial charge on any atom is 0.248 e. The molecule has 1 fully saturated rings. The largest absolute Gasteiger partial charge is 0.484 e. The van der Waals surface area contributed by atoms with Gasteiger partial charge in [0.2, 0.25) is 11.8 Å². The van der Waals surface area contributed by atoms with Crippen molar-refractivity contribution in [2.45, 2.75) is 24.9 Å². The number of para-hydroxylation sites is 3. The van der Waals surface area contributed by atoms with E-state index >= 15 is 0 Å². The van der Waals surface area contributed by atoms with Crippen LogP contribution in [0.25, 0.3) is 0 Å². The monoisotopic (exact) mass is 380 g/mol. The van der Waals surface area contributed by atoms with Gasteiger partial charge in [0, 0.05) is 38.7 Å². The summed E-state index contributed by atoms with van der Waals surface area (Å²) in [7, 11) is 1.52. The van der Waals surface area contributed by atoms with Gasteiger partial charge in [-0.15, -0.1) is 0 Å². The molecule has 1 saturated heterocycles. The lowest BCUT2D eigenvalue weighted by Crippen LogP contribution is -2.51. The minimum atomic E-state index is -0.597. The maximum atomic E-state index is 13.3. The molecule has 0 unspecified atom stereocenters. The topological polar surface area (TPSA) is 59.1 Å². The average molecular weight is 380 g/mol. The first-order valence-electron chi connectivity index (χ1n) is 9.55. The van der Waals surface area contributed by atoms with Crippen molar-refractivity contribution in [2.75, 3.05) is 31.7 Å². The number of methoxy groups -OCH3 is 1. The Bertz CT molecular complexity index is 860.